The number of aromatic nitrogens is 1. The molecule has 1 aromatic rings. The first kappa shape index (κ1) is 13.8. The zero-order valence-electron chi connectivity index (χ0n) is 11.5. The molecule has 0 saturated carbocycles. The van der Waals surface area contributed by atoms with E-state index < -0.39 is 5.91 Å². The van der Waals surface area contributed by atoms with Crippen molar-refractivity contribution >= 4 is 5.91 Å². The summed E-state index contributed by atoms with van der Waals surface area (Å²) < 4.78 is 5.74. The number of nitrogens with one attached hydrogen (secondary N) is 1. The molecule has 0 saturated heterocycles. The van der Waals surface area contributed by atoms with Gasteiger partial charge >= 0.3 is 0 Å². The molecule has 19 heavy (non-hydrogen) atoms. The van der Waals surface area contributed by atoms with E-state index in [-0.39, 0.29) is 6.10 Å². The van der Waals surface area contributed by atoms with Crippen molar-refractivity contribution in [3.8, 4) is 5.88 Å². The van der Waals surface area contributed by atoms with Crippen molar-refractivity contribution in [3.05, 3.63) is 22.9 Å². The van der Waals surface area contributed by atoms with Crippen molar-refractivity contribution in [2.45, 2.75) is 38.7 Å². The Hall–Kier alpha value is -1.62. The fraction of sp³-hybridized carbons (Fsp3) is 0.571. The van der Waals surface area contributed by atoms with E-state index in [1.165, 1.54) is 0 Å². The number of nitrogens with two attached hydrogens (primary N) is 1. The Balaban J connectivity index is 2.31. The molecule has 1 amide bonds. The number of pyridine rings is 1. The molecule has 0 aromatic carbocycles. The molecule has 1 heterocycles. The summed E-state index contributed by atoms with van der Waals surface area (Å²) >= 11 is 0. The second-order valence-corrected chi connectivity index (χ2v) is 5.00. The maximum atomic E-state index is 11.5. The molecule has 5 heteroatoms. The van der Waals surface area contributed by atoms with Gasteiger partial charge in [-0.25, -0.2) is 4.98 Å². The van der Waals surface area contributed by atoms with Crippen LogP contribution in [0.1, 0.15) is 41.4 Å². The molecule has 1 atom stereocenters. The van der Waals surface area contributed by atoms with Gasteiger partial charge in [-0.15, -0.1) is 0 Å². The van der Waals surface area contributed by atoms with Gasteiger partial charge in [0.25, 0.3) is 5.91 Å². The molecule has 1 aliphatic carbocycles. The Morgan fingerprint density at radius 2 is 2.26 bits per heavy atom. The second kappa shape index (κ2) is 6.02. The van der Waals surface area contributed by atoms with Crippen LogP contribution in [-0.2, 0) is 12.8 Å². The molecule has 0 radical (unpaired) electrons. The van der Waals surface area contributed by atoms with Gasteiger partial charge in [-0.1, -0.05) is 0 Å². The maximum absolute atomic E-state index is 11.5. The summed E-state index contributed by atoms with van der Waals surface area (Å²) in [5.74, 6) is -0.108. The molecule has 1 aliphatic rings. The highest BCUT2D eigenvalue weighted by molar-refractivity contribution is 5.95. The minimum Gasteiger partial charge on any atom is -0.473 e. The second-order valence-electron chi connectivity index (χ2n) is 5.00. The van der Waals surface area contributed by atoms with Crippen LogP contribution in [0.25, 0.3) is 0 Å². The van der Waals surface area contributed by atoms with E-state index in [2.05, 4.69) is 10.3 Å². The third-order valence-corrected chi connectivity index (χ3v) is 3.34. The monoisotopic (exact) mass is 263 g/mol. The van der Waals surface area contributed by atoms with Gasteiger partial charge in [0.2, 0.25) is 5.88 Å². The predicted molar refractivity (Wildman–Crippen MR) is 73.4 cm³/mol. The highest BCUT2D eigenvalue weighted by Crippen LogP contribution is 2.26. The lowest BCUT2D eigenvalue weighted by Gasteiger charge is -2.20. The van der Waals surface area contributed by atoms with Crippen LogP contribution in [0.3, 0.4) is 0 Å². The number of carbonyl (C=O) groups excluding carboxylic acids is 1. The first-order chi connectivity index (χ1) is 9.11. The molecular formula is C14H21N3O2. The Kier molecular flexibility index (Phi) is 4.37. The van der Waals surface area contributed by atoms with E-state index >= 15 is 0 Å². The van der Waals surface area contributed by atoms with E-state index in [1.54, 1.807) is 0 Å². The van der Waals surface area contributed by atoms with Crippen LogP contribution in [0, 0.1) is 0 Å². The minimum atomic E-state index is -0.479. The zero-order chi connectivity index (χ0) is 13.8. The lowest BCUT2D eigenvalue weighted by atomic mass is 9.95. The number of rotatable bonds is 5. The quantitative estimate of drug-likeness (QED) is 0.832. The standard InChI is InChI=1S/C14H21N3O2/c1-9(8-16-2)19-14-11(13(15)18)7-10-5-3-4-6-12(10)17-14/h7,9,16H,3-6,8H2,1-2H3,(H2,15,18). The summed E-state index contributed by atoms with van der Waals surface area (Å²) in [6.07, 6.45) is 4.14. The van der Waals surface area contributed by atoms with Gasteiger partial charge in [-0.3, -0.25) is 4.79 Å². The summed E-state index contributed by atoms with van der Waals surface area (Å²) in [5.41, 5.74) is 7.99. The van der Waals surface area contributed by atoms with Crippen molar-refractivity contribution in [3.63, 3.8) is 0 Å². The number of carbonyl (C=O) groups is 1. The average Bonchev–Trinajstić information content (AvgIpc) is 2.38. The van der Waals surface area contributed by atoms with Crippen LogP contribution in [0.15, 0.2) is 6.07 Å². The lowest BCUT2D eigenvalue weighted by molar-refractivity contribution is 0.0992. The van der Waals surface area contributed by atoms with Crippen molar-refractivity contribution in [1.29, 1.82) is 0 Å². The van der Waals surface area contributed by atoms with Crippen LogP contribution < -0.4 is 15.8 Å². The van der Waals surface area contributed by atoms with E-state index in [0.29, 0.717) is 18.0 Å². The third-order valence-electron chi connectivity index (χ3n) is 3.34. The largest absolute Gasteiger partial charge is 0.473 e. The third kappa shape index (κ3) is 3.23. The number of hydrogen-bond acceptors (Lipinski definition) is 4. The van der Waals surface area contributed by atoms with Crippen molar-refractivity contribution < 1.29 is 9.53 Å². The fourth-order valence-corrected chi connectivity index (χ4v) is 2.40. The van der Waals surface area contributed by atoms with Crippen molar-refractivity contribution in [2.75, 3.05) is 13.6 Å². The molecule has 0 spiro atoms. The maximum Gasteiger partial charge on any atom is 0.254 e. The molecule has 104 valence electrons. The molecule has 2 rings (SSSR count). The smallest absolute Gasteiger partial charge is 0.254 e. The summed E-state index contributed by atoms with van der Waals surface area (Å²) in [5, 5.41) is 3.03. The van der Waals surface area contributed by atoms with Crippen LogP contribution in [0.4, 0.5) is 0 Å². The summed E-state index contributed by atoms with van der Waals surface area (Å²) in [4.78, 5) is 16.0. The van der Waals surface area contributed by atoms with Crippen molar-refractivity contribution in [1.82, 2.24) is 10.3 Å². The number of likely N-dealkylation sites (N-methyl/N-ethyl adjacent to an activating group) is 1. The number of nitrogens with zero attached hydrogens (tertiary/aromatic N) is 1. The highest BCUT2D eigenvalue weighted by Gasteiger charge is 2.20. The van der Waals surface area contributed by atoms with Gasteiger partial charge in [0.1, 0.15) is 11.7 Å². The topological polar surface area (TPSA) is 77.2 Å². The van der Waals surface area contributed by atoms with Crippen LogP contribution in [0.2, 0.25) is 0 Å². The Bertz CT molecular complexity index is 474. The van der Waals surface area contributed by atoms with Gasteiger partial charge in [0.05, 0.1) is 0 Å². The SMILES string of the molecule is CNCC(C)Oc1nc2c(cc1C(N)=O)CCCC2. The summed E-state index contributed by atoms with van der Waals surface area (Å²) in [6, 6.07) is 1.85. The van der Waals surface area contributed by atoms with Gasteiger partial charge in [0.15, 0.2) is 0 Å². The summed E-state index contributed by atoms with van der Waals surface area (Å²) in [7, 11) is 1.86. The van der Waals surface area contributed by atoms with E-state index in [9.17, 15) is 4.79 Å². The normalized spacial score (nSPS) is 15.7. The fourth-order valence-electron chi connectivity index (χ4n) is 2.40. The zero-order valence-corrected chi connectivity index (χ0v) is 11.5. The molecule has 3 N–H and O–H groups in total. The Morgan fingerprint density at radius 1 is 1.53 bits per heavy atom. The Morgan fingerprint density at radius 3 is 2.95 bits per heavy atom. The van der Waals surface area contributed by atoms with Gasteiger partial charge in [0, 0.05) is 12.2 Å². The first-order valence-corrected chi connectivity index (χ1v) is 6.75. The predicted octanol–water partition coefficient (Wildman–Crippen LogP) is 1.05. The number of ether oxygens (including phenoxy) is 1. The number of primary amides is 1. The van der Waals surface area contributed by atoms with E-state index in [4.69, 9.17) is 10.5 Å². The molecular weight excluding hydrogens is 242 g/mol. The molecule has 0 fully saturated rings. The number of hydrogen-bond donors (Lipinski definition) is 2. The Labute approximate surface area is 113 Å². The lowest BCUT2D eigenvalue weighted by Crippen LogP contribution is -2.28. The van der Waals surface area contributed by atoms with Crippen LogP contribution in [-0.4, -0.2) is 30.6 Å². The molecule has 1 aromatic heterocycles. The van der Waals surface area contributed by atoms with Crippen LogP contribution >= 0.6 is 0 Å². The molecule has 0 aliphatic heterocycles. The van der Waals surface area contributed by atoms with Crippen molar-refractivity contribution in [2.24, 2.45) is 5.73 Å². The summed E-state index contributed by atoms with van der Waals surface area (Å²) in [6.45, 7) is 2.62. The van der Waals surface area contributed by atoms with Gasteiger partial charge in [-0.2, -0.15) is 0 Å². The first-order valence-electron chi connectivity index (χ1n) is 6.75. The number of fused-ring (bicyclic) bond motifs is 1. The molecule has 5 nitrogen and oxygen atoms in total. The van der Waals surface area contributed by atoms with E-state index in [1.807, 2.05) is 20.0 Å². The van der Waals surface area contributed by atoms with Crippen LogP contribution in [0.5, 0.6) is 5.88 Å². The number of amides is 1. The molecule has 1 unspecified atom stereocenters. The molecule has 0 bridgehead atoms. The van der Waals surface area contributed by atoms with Gasteiger partial charge < -0.3 is 15.8 Å². The average molecular weight is 263 g/mol. The van der Waals surface area contributed by atoms with E-state index in [0.717, 1.165) is 36.9 Å². The minimum absolute atomic E-state index is 0.0581. The highest BCUT2D eigenvalue weighted by atomic mass is 16.5. The van der Waals surface area contributed by atoms with Gasteiger partial charge in [-0.05, 0) is 51.3 Å². The number of aryl methyl sites for hydroxylation is 2.